The second kappa shape index (κ2) is 12.9. The first-order valence-corrected chi connectivity index (χ1v) is 9.07. The largest absolute Gasteiger partial charge is 0.346 e. The van der Waals surface area contributed by atoms with E-state index in [-0.39, 0.29) is 5.91 Å². The maximum atomic E-state index is 11.7. The Morgan fingerprint density at radius 3 is 2.13 bits per heavy atom. The van der Waals surface area contributed by atoms with E-state index < -0.39 is 5.69 Å². The van der Waals surface area contributed by atoms with Crippen LogP contribution in [0.2, 0.25) is 0 Å². The van der Waals surface area contributed by atoms with E-state index in [1.807, 2.05) is 0 Å². The van der Waals surface area contributed by atoms with Crippen LogP contribution in [-0.2, 0) is 4.79 Å². The van der Waals surface area contributed by atoms with Gasteiger partial charge in [0.15, 0.2) is 0 Å². The molecule has 1 rings (SSSR count). The molecule has 1 amide bonds. The number of unbranched alkanes of at least 4 members (excludes halogenated alkanes) is 10. The van der Waals surface area contributed by atoms with Crippen LogP contribution < -0.4 is 11.0 Å². The van der Waals surface area contributed by atoms with Crippen LogP contribution in [0.5, 0.6) is 0 Å². The summed E-state index contributed by atoms with van der Waals surface area (Å²) in [5.74, 6) is 0.362. The number of aromatic nitrogens is 2. The van der Waals surface area contributed by atoms with Crippen molar-refractivity contribution in [3.8, 4) is 0 Å². The van der Waals surface area contributed by atoms with Gasteiger partial charge >= 0.3 is 5.69 Å². The zero-order valence-corrected chi connectivity index (χ0v) is 14.4. The third-order valence-electron chi connectivity index (χ3n) is 3.96. The summed E-state index contributed by atoms with van der Waals surface area (Å²) in [5.41, 5.74) is -0.447. The quantitative estimate of drug-likeness (QED) is 0.528. The lowest BCUT2D eigenvalue weighted by Gasteiger charge is -2.04. The van der Waals surface area contributed by atoms with Crippen molar-refractivity contribution in [3.05, 3.63) is 22.7 Å². The molecule has 0 aromatic carbocycles. The number of aromatic amines is 1. The molecule has 0 aliphatic rings. The van der Waals surface area contributed by atoms with Gasteiger partial charge in [-0.3, -0.25) is 9.78 Å². The number of amides is 1. The number of H-pyrrole nitrogens is 1. The third-order valence-corrected chi connectivity index (χ3v) is 3.96. The van der Waals surface area contributed by atoms with Gasteiger partial charge in [-0.1, -0.05) is 71.1 Å². The lowest BCUT2D eigenvalue weighted by Crippen LogP contribution is -2.17. The maximum Gasteiger partial charge on any atom is 0.346 e. The van der Waals surface area contributed by atoms with Crippen molar-refractivity contribution < 1.29 is 4.79 Å². The Hall–Kier alpha value is -1.65. The van der Waals surface area contributed by atoms with Gasteiger partial charge in [-0.15, -0.1) is 0 Å². The molecule has 2 N–H and O–H groups in total. The Morgan fingerprint density at radius 2 is 1.57 bits per heavy atom. The van der Waals surface area contributed by atoms with Gasteiger partial charge < -0.3 is 5.32 Å². The van der Waals surface area contributed by atoms with E-state index in [9.17, 15) is 9.59 Å². The molecule has 5 heteroatoms. The van der Waals surface area contributed by atoms with E-state index in [0.717, 1.165) is 12.8 Å². The molecule has 0 fully saturated rings. The molecule has 0 spiro atoms. The van der Waals surface area contributed by atoms with Gasteiger partial charge in [-0.25, -0.2) is 9.78 Å². The summed E-state index contributed by atoms with van der Waals surface area (Å²) < 4.78 is 0. The first-order chi connectivity index (χ1) is 11.2. The minimum Gasteiger partial charge on any atom is -0.312 e. The summed E-state index contributed by atoms with van der Waals surface area (Å²) in [6, 6.07) is 1.58. The molecule has 130 valence electrons. The van der Waals surface area contributed by atoms with Crippen molar-refractivity contribution in [3.63, 3.8) is 0 Å². The number of nitrogens with one attached hydrogen (secondary N) is 2. The first-order valence-electron chi connectivity index (χ1n) is 9.07. The van der Waals surface area contributed by atoms with Crippen LogP contribution in [0.1, 0.15) is 84.0 Å². The minimum atomic E-state index is -0.447. The Bertz CT molecular complexity index is 485. The first kappa shape index (κ1) is 19.4. The molecule has 5 nitrogen and oxygen atoms in total. The monoisotopic (exact) mass is 321 g/mol. The Balaban J connectivity index is 1.92. The fraction of sp³-hybridized carbons (Fsp3) is 0.722. The number of anilines is 1. The number of carbonyl (C=O) groups excluding carboxylic acids is 1. The molecule has 0 aliphatic carbocycles. The predicted octanol–water partition coefficient (Wildman–Crippen LogP) is 4.41. The topological polar surface area (TPSA) is 74.8 Å². The van der Waals surface area contributed by atoms with Crippen molar-refractivity contribution in [2.24, 2.45) is 0 Å². The number of rotatable bonds is 13. The van der Waals surface area contributed by atoms with Crippen LogP contribution in [-0.4, -0.2) is 15.9 Å². The number of hydrogen-bond acceptors (Lipinski definition) is 3. The molecule has 1 heterocycles. The number of nitrogens with zero attached hydrogens (tertiary/aromatic N) is 1. The zero-order chi connectivity index (χ0) is 16.8. The van der Waals surface area contributed by atoms with Crippen molar-refractivity contribution in [1.82, 2.24) is 9.97 Å². The molecule has 23 heavy (non-hydrogen) atoms. The van der Waals surface area contributed by atoms with E-state index in [1.54, 1.807) is 6.07 Å². The molecule has 0 unspecified atom stereocenters. The van der Waals surface area contributed by atoms with Gasteiger partial charge in [0.25, 0.3) is 0 Å². The van der Waals surface area contributed by atoms with E-state index in [4.69, 9.17) is 0 Å². The lowest BCUT2D eigenvalue weighted by atomic mass is 10.1. The Morgan fingerprint density at radius 1 is 1.00 bits per heavy atom. The van der Waals surface area contributed by atoms with E-state index in [1.165, 1.54) is 64.0 Å². The molecule has 0 bridgehead atoms. The summed E-state index contributed by atoms with van der Waals surface area (Å²) in [6.07, 6.45) is 15.8. The minimum absolute atomic E-state index is 0.0530. The van der Waals surface area contributed by atoms with Crippen LogP contribution >= 0.6 is 0 Å². The second-order valence-electron chi connectivity index (χ2n) is 6.12. The zero-order valence-electron chi connectivity index (χ0n) is 14.4. The number of hydrogen-bond donors (Lipinski definition) is 2. The highest BCUT2D eigenvalue weighted by Crippen LogP contribution is 2.12. The Kier molecular flexibility index (Phi) is 10.8. The summed E-state index contributed by atoms with van der Waals surface area (Å²) in [7, 11) is 0. The third kappa shape index (κ3) is 10.7. The van der Waals surface area contributed by atoms with Gasteiger partial charge in [-0.05, 0) is 12.5 Å². The fourth-order valence-electron chi connectivity index (χ4n) is 2.60. The predicted molar refractivity (Wildman–Crippen MR) is 94.6 cm³/mol. The second-order valence-corrected chi connectivity index (χ2v) is 6.12. The molecule has 1 aromatic heterocycles. The summed E-state index contributed by atoms with van der Waals surface area (Å²) in [6.45, 7) is 2.25. The highest BCUT2D eigenvalue weighted by molar-refractivity contribution is 5.89. The standard InChI is InChI=1S/C18H31N3O2/c1-2-3-4-5-6-7-8-9-10-11-12-13-17(22)20-16-14-15-19-18(23)21-16/h14-15H,2-13H2,1H3,(H2,19,20,21,22,23). The normalized spacial score (nSPS) is 10.7. The van der Waals surface area contributed by atoms with Crippen LogP contribution in [0, 0.1) is 0 Å². The van der Waals surface area contributed by atoms with Gasteiger partial charge in [-0.2, -0.15) is 0 Å². The summed E-state index contributed by atoms with van der Waals surface area (Å²) in [4.78, 5) is 28.7. The van der Waals surface area contributed by atoms with Crippen LogP contribution in [0.3, 0.4) is 0 Å². The van der Waals surface area contributed by atoms with Gasteiger partial charge in [0.2, 0.25) is 5.91 Å². The van der Waals surface area contributed by atoms with E-state index in [2.05, 4.69) is 22.2 Å². The maximum absolute atomic E-state index is 11.7. The molecule has 0 saturated carbocycles. The van der Waals surface area contributed by atoms with Crippen molar-refractivity contribution >= 4 is 11.7 Å². The van der Waals surface area contributed by atoms with E-state index in [0.29, 0.717) is 12.2 Å². The average Bonchev–Trinajstić information content (AvgIpc) is 2.52. The Labute approximate surface area is 139 Å². The summed E-state index contributed by atoms with van der Waals surface area (Å²) in [5, 5.41) is 2.68. The van der Waals surface area contributed by atoms with Crippen LogP contribution in [0.15, 0.2) is 17.1 Å². The smallest absolute Gasteiger partial charge is 0.312 e. The van der Waals surface area contributed by atoms with Gasteiger partial charge in [0, 0.05) is 12.6 Å². The molecular formula is C18H31N3O2. The fourth-order valence-corrected chi connectivity index (χ4v) is 2.60. The SMILES string of the molecule is CCCCCCCCCCCCCC(=O)Nc1ccnc(=O)[nH]1. The molecule has 0 aliphatic heterocycles. The summed E-state index contributed by atoms with van der Waals surface area (Å²) >= 11 is 0. The number of carbonyl (C=O) groups is 1. The van der Waals surface area contributed by atoms with Crippen LogP contribution in [0.4, 0.5) is 5.82 Å². The molecule has 0 saturated heterocycles. The molecule has 0 radical (unpaired) electrons. The molecular weight excluding hydrogens is 290 g/mol. The molecule has 1 aromatic rings. The van der Waals surface area contributed by atoms with Crippen molar-refractivity contribution in [2.45, 2.75) is 84.0 Å². The van der Waals surface area contributed by atoms with E-state index >= 15 is 0 Å². The van der Waals surface area contributed by atoms with Gasteiger partial charge in [0.1, 0.15) is 5.82 Å². The lowest BCUT2D eigenvalue weighted by molar-refractivity contribution is -0.116. The average molecular weight is 321 g/mol. The van der Waals surface area contributed by atoms with Crippen molar-refractivity contribution in [1.29, 1.82) is 0 Å². The van der Waals surface area contributed by atoms with Crippen LogP contribution in [0.25, 0.3) is 0 Å². The van der Waals surface area contributed by atoms with Crippen molar-refractivity contribution in [2.75, 3.05) is 5.32 Å². The van der Waals surface area contributed by atoms with Gasteiger partial charge in [0.05, 0.1) is 0 Å². The molecule has 0 atom stereocenters. The highest BCUT2D eigenvalue weighted by Gasteiger charge is 2.02. The highest BCUT2D eigenvalue weighted by atomic mass is 16.2.